The normalized spacial score (nSPS) is 11.8. The molecular weight excluding hydrogens is 268 g/mol. The van der Waals surface area contributed by atoms with Crippen LogP contribution >= 0.6 is 0 Å². The number of benzene rings is 1. The molecule has 1 atom stereocenters. The van der Waals surface area contributed by atoms with Crippen LogP contribution < -0.4 is 5.32 Å². The second-order valence-corrected chi connectivity index (χ2v) is 5.35. The van der Waals surface area contributed by atoms with Gasteiger partial charge in [0.25, 0.3) is 0 Å². The molecule has 0 bridgehead atoms. The predicted octanol–water partition coefficient (Wildman–Crippen LogP) is 3.10. The van der Waals surface area contributed by atoms with Crippen molar-refractivity contribution in [3.8, 4) is 0 Å². The van der Waals surface area contributed by atoms with E-state index >= 15 is 0 Å². The maximum absolute atomic E-state index is 12.0. The van der Waals surface area contributed by atoms with Gasteiger partial charge in [0, 0.05) is 19.6 Å². The smallest absolute Gasteiger partial charge is 0.335 e. The van der Waals surface area contributed by atoms with E-state index in [0.717, 1.165) is 24.8 Å². The maximum atomic E-state index is 12.0. The van der Waals surface area contributed by atoms with Crippen LogP contribution in [0, 0.1) is 0 Å². The third-order valence-electron chi connectivity index (χ3n) is 3.33. The molecule has 0 spiro atoms. The number of hydrogen-bond acceptors (Lipinski definition) is 2. The molecule has 0 aliphatic heterocycles. The van der Waals surface area contributed by atoms with Gasteiger partial charge in [-0.2, -0.15) is 0 Å². The highest BCUT2D eigenvalue weighted by Gasteiger charge is 2.12. The van der Waals surface area contributed by atoms with Crippen LogP contribution in [-0.2, 0) is 6.54 Å². The molecule has 2 amide bonds. The molecule has 1 aromatic rings. The highest BCUT2D eigenvalue weighted by molar-refractivity contribution is 5.87. The van der Waals surface area contributed by atoms with E-state index in [1.165, 1.54) is 0 Å². The van der Waals surface area contributed by atoms with Gasteiger partial charge in [-0.05, 0) is 31.0 Å². The van der Waals surface area contributed by atoms with Crippen LogP contribution in [0.25, 0.3) is 0 Å². The fourth-order valence-corrected chi connectivity index (χ4v) is 2.00. The van der Waals surface area contributed by atoms with E-state index in [4.69, 9.17) is 5.11 Å². The van der Waals surface area contributed by atoms with Crippen molar-refractivity contribution in [3.63, 3.8) is 0 Å². The lowest BCUT2D eigenvalue weighted by Gasteiger charge is -2.21. The molecule has 1 unspecified atom stereocenters. The lowest BCUT2D eigenvalue weighted by atomic mass is 10.1. The van der Waals surface area contributed by atoms with Gasteiger partial charge < -0.3 is 15.3 Å². The number of urea groups is 1. The van der Waals surface area contributed by atoms with Gasteiger partial charge in [0.05, 0.1) is 5.56 Å². The van der Waals surface area contributed by atoms with E-state index in [-0.39, 0.29) is 17.6 Å². The van der Waals surface area contributed by atoms with E-state index in [0.29, 0.717) is 6.54 Å². The number of hydrogen-bond donors (Lipinski definition) is 2. The number of rotatable bonds is 7. The summed E-state index contributed by atoms with van der Waals surface area (Å²) < 4.78 is 0. The molecule has 0 saturated heterocycles. The average Bonchev–Trinajstić information content (AvgIpc) is 2.45. The number of nitrogens with zero attached hydrogens (tertiary/aromatic N) is 1. The minimum Gasteiger partial charge on any atom is -0.478 e. The van der Waals surface area contributed by atoms with Crippen LogP contribution in [0.2, 0.25) is 0 Å². The molecule has 0 aliphatic rings. The topological polar surface area (TPSA) is 69.6 Å². The van der Waals surface area contributed by atoms with Crippen LogP contribution in [0.5, 0.6) is 0 Å². The summed E-state index contributed by atoms with van der Waals surface area (Å²) in [7, 11) is 1.73. The van der Waals surface area contributed by atoms with Crippen molar-refractivity contribution < 1.29 is 14.7 Å². The molecule has 0 heterocycles. The van der Waals surface area contributed by atoms with E-state index in [1.807, 2.05) is 6.92 Å². The summed E-state index contributed by atoms with van der Waals surface area (Å²) in [5.41, 5.74) is 1.15. The average molecular weight is 292 g/mol. The summed E-state index contributed by atoms with van der Waals surface area (Å²) in [5.74, 6) is -0.947. The Morgan fingerprint density at radius 3 is 2.43 bits per heavy atom. The molecule has 2 N–H and O–H groups in total. The van der Waals surface area contributed by atoms with E-state index < -0.39 is 5.97 Å². The zero-order valence-electron chi connectivity index (χ0n) is 12.9. The van der Waals surface area contributed by atoms with Crippen LogP contribution in [0.3, 0.4) is 0 Å². The quantitative estimate of drug-likeness (QED) is 0.811. The highest BCUT2D eigenvalue weighted by Crippen LogP contribution is 2.07. The first kappa shape index (κ1) is 17.0. The largest absolute Gasteiger partial charge is 0.478 e. The lowest BCUT2D eigenvalue weighted by Crippen LogP contribution is -2.41. The first-order chi connectivity index (χ1) is 9.93. The summed E-state index contributed by atoms with van der Waals surface area (Å²) >= 11 is 0. The van der Waals surface area contributed by atoms with Crippen molar-refractivity contribution in [1.29, 1.82) is 0 Å². The predicted molar refractivity (Wildman–Crippen MR) is 82.4 cm³/mol. The van der Waals surface area contributed by atoms with Gasteiger partial charge in [-0.1, -0.05) is 31.9 Å². The second kappa shape index (κ2) is 8.29. The fraction of sp³-hybridized carbons (Fsp3) is 0.500. The zero-order valence-corrected chi connectivity index (χ0v) is 12.9. The first-order valence-electron chi connectivity index (χ1n) is 7.28. The zero-order chi connectivity index (χ0) is 15.8. The van der Waals surface area contributed by atoms with Gasteiger partial charge >= 0.3 is 12.0 Å². The molecule has 0 aliphatic carbocycles. The number of carboxylic acids is 1. The molecule has 1 aromatic carbocycles. The van der Waals surface area contributed by atoms with Gasteiger partial charge in [0.2, 0.25) is 0 Å². The Hall–Kier alpha value is -2.04. The number of unbranched alkanes of at least 4 members (excludes halogenated alkanes) is 1. The van der Waals surface area contributed by atoms with Crippen LogP contribution in [-0.4, -0.2) is 35.1 Å². The summed E-state index contributed by atoms with van der Waals surface area (Å²) in [6.45, 7) is 4.58. The maximum Gasteiger partial charge on any atom is 0.335 e. The number of aromatic carboxylic acids is 1. The summed E-state index contributed by atoms with van der Waals surface area (Å²) in [4.78, 5) is 24.4. The van der Waals surface area contributed by atoms with Gasteiger partial charge in [0.15, 0.2) is 0 Å². The van der Waals surface area contributed by atoms with Gasteiger partial charge in [-0.25, -0.2) is 9.59 Å². The van der Waals surface area contributed by atoms with Crippen molar-refractivity contribution in [3.05, 3.63) is 35.4 Å². The van der Waals surface area contributed by atoms with E-state index in [9.17, 15) is 9.59 Å². The fourth-order valence-electron chi connectivity index (χ4n) is 2.00. The Labute approximate surface area is 126 Å². The number of nitrogens with one attached hydrogen (secondary N) is 1. The van der Waals surface area contributed by atoms with Crippen molar-refractivity contribution in [1.82, 2.24) is 10.2 Å². The van der Waals surface area contributed by atoms with Crippen LogP contribution in [0.4, 0.5) is 4.79 Å². The number of carbonyl (C=O) groups is 2. The van der Waals surface area contributed by atoms with Gasteiger partial charge in [-0.15, -0.1) is 0 Å². The van der Waals surface area contributed by atoms with Crippen molar-refractivity contribution in [2.45, 2.75) is 45.7 Å². The Balaban J connectivity index is 2.49. The minimum absolute atomic E-state index is 0.110. The highest BCUT2D eigenvalue weighted by atomic mass is 16.4. The minimum atomic E-state index is -0.947. The Morgan fingerprint density at radius 1 is 1.29 bits per heavy atom. The van der Waals surface area contributed by atoms with Gasteiger partial charge in [-0.3, -0.25) is 0 Å². The van der Waals surface area contributed by atoms with Crippen LogP contribution in [0.15, 0.2) is 24.3 Å². The second-order valence-electron chi connectivity index (χ2n) is 5.35. The summed E-state index contributed by atoms with van der Waals surface area (Å²) in [6, 6.07) is 6.61. The first-order valence-corrected chi connectivity index (χ1v) is 7.28. The summed E-state index contributed by atoms with van der Waals surface area (Å²) in [5, 5.41) is 11.8. The molecule has 21 heavy (non-hydrogen) atoms. The third kappa shape index (κ3) is 5.85. The van der Waals surface area contributed by atoms with Gasteiger partial charge in [0.1, 0.15) is 0 Å². The molecule has 116 valence electrons. The van der Waals surface area contributed by atoms with Crippen molar-refractivity contribution in [2.24, 2.45) is 0 Å². The number of amides is 2. The summed E-state index contributed by atoms with van der Waals surface area (Å²) in [6.07, 6.45) is 3.19. The molecule has 0 saturated carbocycles. The number of carboxylic acid groups (broad SMARTS) is 1. The Morgan fingerprint density at radius 2 is 1.90 bits per heavy atom. The number of carbonyl (C=O) groups excluding carboxylic acids is 1. The molecular formula is C16H24N2O3. The monoisotopic (exact) mass is 292 g/mol. The lowest BCUT2D eigenvalue weighted by molar-refractivity contribution is 0.0697. The Kier molecular flexibility index (Phi) is 6.72. The SMILES string of the molecule is CCCCC(C)NC(=O)N(C)Cc1ccc(C(=O)O)cc1. The molecule has 5 heteroatoms. The molecule has 0 aromatic heterocycles. The van der Waals surface area contributed by atoms with E-state index in [1.54, 1.807) is 36.2 Å². The Bertz CT molecular complexity index is 471. The molecule has 0 fully saturated rings. The van der Waals surface area contributed by atoms with Crippen molar-refractivity contribution in [2.75, 3.05) is 7.05 Å². The molecule has 1 rings (SSSR count). The van der Waals surface area contributed by atoms with Crippen molar-refractivity contribution >= 4 is 12.0 Å². The third-order valence-corrected chi connectivity index (χ3v) is 3.33. The molecule has 0 radical (unpaired) electrons. The molecule has 5 nitrogen and oxygen atoms in total. The standard InChI is InChI=1S/C16H24N2O3/c1-4-5-6-12(2)17-16(21)18(3)11-13-7-9-14(10-8-13)15(19)20/h7-10,12H,4-6,11H2,1-3H3,(H,17,21)(H,19,20). The van der Waals surface area contributed by atoms with E-state index in [2.05, 4.69) is 12.2 Å². The van der Waals surface area contributed by atoms with Crippen LogP contribution in [0.1, 0.15) is 49.0 Å².